The number of hydrogen-bond acceptors (Lipinski definition) is 5. The summed E-state index contributed by atoms with van der Waals surface area (Å²) in [5.41, 5.74) is -0.771. The van der Waals surface area contributed by atoms with Gasteiger partial charge in [0.1, 0.15) is 0 Å². The van der Waals surface area contributed by atoms with E-state index < -0.39 is 15.5 Å². The van der Waals surface area contributed by atoms with Gasteiger partial charge in [0.15, 0.2) is 6.29 Å². The Labute approximate surface area is 99.9 Å². The number of carbonyl (C=O) groups is 1. The Kier molecular flexibility index (Phi) is 2.72. The molecule has 0 heterocycles. The van der Waals surface area contributed by atoms with Gasteiger partial charge < -0.3 is 0 Å². The lowest BCUT2D eigenvalue weighted by atomic mass is 10.0. The maximum atomic E-state index is 10.8. The third-order valence-electron chi connectivity index (χ3n) is 2.53. The Morgan fingerprint density at radius 3 is 2.22 bits per heavy atom. The molecule has 0 fully saturated rings. The predicted molar refractivity (Wildman–Crippen MR) is 62.6 cm³/mol. The van der Waals surface area contributed by atoms with Crippen molar-refractivity contribution in [2.24, 2.45) is 0 Å². The first-order valence-corrected chi connectivity index (χ1v) is 4.85. The van der Waals surface area contributed by atoms with Crippen LogP contribution in [0.4, 0.5) is 11.4 Å². The van der Waals surface area contributed by atoms with Crippen LogP contribution >= 0.6 is 0 Å². The summed E-state index contributed by atoms with van der Waals surface area (Å²) in [6.45, 7) is 0. The third kappa shape index (κ3) is 1.77. The van der Waals surface area contributed by atoms with E-state index >= 15 is 0 Å². The maximum Gasteiger partial charge on any atom is 0.280 e. The molecule has 0 saturated carbocycles. The van der Waals surface area contributed by atoms with Crippen molar-refractivity contribution in [3.05, 3.63) is 56.1 Å². The van der Waals surface area contributed by atoms with Crippen LogP contribution in [0.5, 0.6) is 0 Å². The Balaban J connectivity index is 2.88. The highest BCUT2D eigenvalue weighted by Gasteiger charge is 2.19. The van der Waals surface area contributed by atoms with Crippen molar-refractivity contribution in [3.63, 3.8) is 0 Å². The first-order chi connectivity index (χ1) is 8.54. The minimum absolute atomic E-state index is 0.104. The van der Waals surface area contributed by atoms with Crippen LogP contribution in [0.3, 0.4) is 0 Å². The predicted octanol–water partition coefficient (Wildman–Crippen LogP) is 2.47. The average Bonchev–Trinajstić information content (AvgIpc) is 2.35. The van der Waals surface area contributed by atoms with Crippen LogP contribution in [-0.4, -0.2) is 16.1 Å². The van der Waals surface area contributed by atoms with E-state index in [0.717, 1.165) is 6.07 Å². The molecule has 0 saturated heterocycles. The standard InChI is InChI=1S/C11H6N2O5/c14-6-8-4-7-2-1-3-10(12(15)16)9(7)5-11(8)13(17)18/h1-6H. The molecule has 7 nitrogen and oxygen atoms in total. The molecule has 0 amide bonds. The maximum absolute atomic E-state index is 10.8. The van der Waals surface area contributed by atoms with E-state index in [0.29, 0.717) is 11.7 Å². The van der Waals surface area contributed by atoms with Crippen molar-refractivity contribution in [2.45, 2.75) is 0 Å². The fourth-order valence-corrected chi connectivity index (χ4v) is 1.73. The van der Waals surface area contributed by atoms with Crippen LogP contribution in [0.25, 0.3) is 10.8 Å². The van der Waals surface area contributed by atoms with Gasteiger partial charge in [-0.15, -0.1) is 0 Å². The molecule has 0 atom stereocenters. The molecular formula is C11H6N2O5. The number of fused-ring (bicyclic) bond motifs is 1. The number of rotatable bonds is 3. The first-order valence-electron chi connectivity index (χ1n) is 4.85. The van der Waals surface area contributed by atoms with E-state index in [1.165, 1.54) is 18.2 Å². The summed E-state index contributed by atoms with van der Waals surface area (Å²) < 4.78 is 0. The lowest BCUT2D eigenvalue weighted by Gasteiger charge is -2.01. The summed E-state index contributed by atoms with van der Waals surface area (Å²) in [6.07, 6.45) is 0.358. The van der Waals surface area contributed by atoms with Crippen molar-refractivity contribution >= 4 is 28.4 Å². The van der Waals surface area contributed by atoms with Crippen molar-refractivity contribution in [3.8, 4) is 0 Å². The molecule has 18 heavy (non-hydrogen) atoms. The van der Waals surface area contributed by atoms with Crippen LogP contribution in [-0.2, 0) is 0 Å². The number of aldehydes is 1. The monoisotopic (exact) mass is 246 g/mol. The van der Waals surface area contributed by atoms with Gasteiger partial charge in [-0.05, 0) is 11.5 Å². The Bertz CT molecular complexity index is 680. The van der Waals surface area contributed by atoms with Gasteiger partial charge in [-0.3, -0.25) is 25.0 Å². The second kappa shape index (κ2) is 4.21. The number of non-ortho nitro benzene ring substituents is 1. The zero-order valence-corrected chi connectivity index (χ0v) is 8.90. The average molecular weight is 246 g/mol. The smallest absolute Gasteiger partial charge is 0.280 e. The van der Waals surface area contributed by atoms with Crippen LogP contribution in [0.2, 0.25) is 0 Å². The Morgan fingerprint density at radius 1 is 1.00 bits per heavy atom. The van der Waals surface area contributed by atoms with Crippen LogP contribution in [0, 0.1) is 20.2 Å². The van der Waals surface area contributed by atoms with Gasteiger partial charge in [0.25, 0.3) is 11.4 Å². The molecule has 0 spiro atoms. The van der Waals surface area contributed by atoms with Crippen molar-refractivity contribution in [2.75, 3.05) is 0 Å². The Hall–Kier alpha value is -2.83. The highest BCUT2D eigenvalue weighted by molar-refractivity contribution is 5.98. The number of nitrogens with zero attached hydrogens (tertiary/aromatic N) is 2. The zero-order chi connectivity index (χ0) is 13.3. The second-order valence-electron chi connectivity index (χ2n) is 3.54. The van der Waals surface area contributed by atoms with Crippen molar-refractivity contribution in [1.82, 2.24) is 0 Å². The van der Waals surface area contributed by atoms with E-state index in [1.54, 1.807) is 6.07 Å². The van der Waals surface area contributed by atoms with Crippen LogP contribution < -0.4 is 0 Å². The van der Waals surface area contributed by atoms with Gasteiger partial charge in [0.2, 0.25) is 0 Å². The molecule has 2 rings (SSSR count). The largest absolute Gasteiger partial charge is 0.298 e. The molecule has 0 unspecified atom stereocenters. The van der Waals surface area contributed by atoms with Crippen LogP contribution in [0.15, 0.2) is 30.3 Å². The van der Waals surface area contributed by atoms with E-state index in [1.807, 2.05) is 0 Å². The molecule has 0 bridgehead atoms. The SMILES string of the molecule is O=Cc1cc2cccc([N+](=O)[O-])c2cc1[N+](=O)[O-]. The molecule has 0 N–H and O–H groups in total. The molecule has 0 aliphatic carbocycles. The summed E-state index contributed by atoms with van der Waals surface area (Å²) in [5.74, 6) is 0. The van der Waals surface area contributed by atoms with Crippen molar-refractivity contribution < 1.29 is 14.6 Å². The number of nitro groups is 2. The van der Waals surface area contributed by atoms with Gasteiger partial charge >= 0.3 is 0 Å². The van der Waals surface area contributed by atoms with Gasteiger partial charge in [-0.25, -0.2) is 0 Å². The fourth-order valence-electron chi connectivity index (χ4n) is 1.73. The molecule has 2 aromatic carbocycles. The third-order valence-corrected chi connectivity index (χ3v) is 2.53. The first kappa shape index (κ1) is 11.6. The Morgan fingerprint density at radius 2 is 1.67 bits per heavy atom. The van der Waals surface area contributed by atoms with Gasteiger partial charge in [-0.2, -0.15) is 0 Å². The molecular weight excluding hydrogens is 240 g/mol. The summed E-state index contributed by atoms with van der Waals surface area (Å²) in [5, 5.41) is 22.2. The number of nitro benzene ring substituents is 2. The molecule has 2 aromatic rings. The van der Waals surface area contributed by atoms with Crippen LogP contribution in [0.1, 0.15) is 10.4 Å². The topological polar surface area (TPSA) is 103 Å². The zero-order valence-electron chi connectivity index (χ0n) is 8.90. The molecule has 0 aliphatic heterocycles. The van der Waals surface area contributed by atoms with Gasteiger partial charge in [-0.1, -0.05) is 12.1 Å². The van der Waals surface area contributed by atoms with Gasteiger partial charge in [0.05, 0.1) is 20.8 Å². The molecule has 0 aliphatic rings. The highest BCUT2D eigenvalue weighted by Crippen LogP contribution is 2.30. The number of carbonyl (C=O) groups excluding carboxylic acids is 1. The normalized spacial score (nSPS) is 10.2. The van der Waals surface area contributed by atoms with E-state index in [2.05, 4.69) is 0 Å². The second-order valence-corrected chi connectivity index (χ2v) is 3.54. The lowest BCUT2D eigenvalue weighted by Crippen LogP contribution is -1.96. The van der Waals surface area contributed by atoms with E-state index in [-0.39, 0.29) is 16.6 Å². The molecule has 0 aromatic heterocycles. The fraction of sp³-hybridized carbons (Fsp3) is 0. The summed E-state index contributed by atoms with van der Waals surface area (Å²) in [4.78, 5) is 31.0. The molecule has 0 radical (unpaired) electrons. The number of benzene rings is 2. The minimum Gasteiger partial charge on any atom is -0.298 e. The summed E-state index contributed by atoms with van der Waals surface area (Å²) in [6, 6.07) is 6.59. The summed E-state index contributed by atoms with van der Waals surface area (Å²) >= 11 is 0. The molecule has 7 heteroatoms. The quantitative estimate of drug-likeness (QED) is 0.470. The lowest BCUT2D eigenvalue weighted by molar-refractivity contribution is -0.386. The highest BCUT2D eigenvalue weighted by atomic mass is 16.6. The van der Waals surface area contributed by atoms with Gasteiger partial charge in [0, 0.05) is 12.1 Å². The number of hydrogen-bond donors (Lipinski definition) is 0. The molecule has 90 valence electrons. The summed E-state index contributed by atoms with van der Waals surface area (Å²) in [7, 11) is 0. The van der Waals surface area contributed by atoms with E-state index in [4.69, 9.17) is 0 Å². The van der Waals surface area contributed by atoms with E-state index in [9.17, 15) is 25.0 Å². The van der Waals surface area contributed by atoms with Crippen molar-refractivity contribution in [1.29, 1.82) is 0 Å². The minimum atomic E-state index is -0.736.